The Morgan fingerprint density at radius 1 is 0.862 bits per heavy atom. The highest BCUT2D eigenvalue weighted by Crippen LogP contribution is 2.25. The molecule has 0 bridgehead atoms. The first-order chi connectivity index (χ1) is 12.9. The van der Waals surface area contributed by atoms with Crippen LogP contribution in [0.5, 0.6) is 11.5 Å². The van der Waals surface area contributed by atoms with Crippen LogP contribution >= 0.6 is 0 Å². The van der Waals surface area contributed by atoms with Gasteiger partial charge in [-0.1, -0.05) is 27.7 Å². The van der Waals surface area contributed by atoms with Gasteiger partial charge in [0.2, 0.25) is 5.78 Å². The van der Waals surface area contributed by atoms with Crippen LogP contribution in [0.4, 0.5) is 0 Å². The van der Waals surface area contributed by atoms with Crippen molar-refractivity contribution >= 4 is 17.7 Å². The minimum Gasteiger partial charge on any atom is -1.00 e. The largest absolute Gasteiger partial charge is 1.00 e. The molecule has 2 N–H and O–H groups in total. The van der Waals surface area contributed by atoms with E-state index in [1.54, 1.807) is 0 Å². The summed E-state index contributed by atoms with van der Waals surface area (Å²) in [6, 6.07) is 4.52. The first kappa shape index (κ1) is 27.1. The Bertz CT molecular complexity index is 665. The number of carbonyl (C=O) groups excluding carboxylic acids is 3. The van der Waals surface area contributed by atoms with Crippen LogP contribution in [0.15, 0.2) is 18.2 Å². The third kappa shape index (κ3) is 11.6. The minimum absolute atomic E-state index is 0. The molecule has 1 aromatic carbocycles. The van der Waals surface area contributed by atoms with Crippen molar-refractivity contribution in [1.82, 2.24) is 0 Å². The molecule has 6 nitrogen and oxygen atoms in total. The van der Waals surface area contributed by atoms with Crippen molar-refractivity contribution in [3.05, 3.63) is 23.8 Å². The van der Waals surface area contributed by atoms with Crippen LogP contribution in [0.2, 0.25) is 0 Å². The van der Waals surface area contributed by atoms with Gasteiger partial charge in [-0.25, -0.2) is 0 Å². The maximum absolute atomic E-state index is 12.6. The predicted octanol–water partition coefficient (Wildman–Crippen LogP) is 0.138. The van der Waals surface area contributed by atoms with E-state index in [1.807, 2.05) is 53.8 Å². The standard InChI is InChI=1S/C22H33NO5.ClH/c1-14(2)8-20(25)27-17-10-16(19(24)13-23-22(5,6)7)11-18(12-17)28-21(26)9-15(3)4;/h10-12,14-15,23H,8-9,13H2,1-7H3;1H. The van der Waals surface area contributed by atoms with Crippen molar-refractivity contribution in [2.24, 2.45) is 11.8 Å². The molecule has 0 saturated carbocycles. The third-order valence-corrected chi connectivity index (χ3v) is 3.72. The zero-order valence-corrected chi connectivity index (χ0v) is 19.3. The number of carbonyl (C=O) groups is 3. The monoisotopic (exact) mass is 427 g/mol. The van der Waals surface area contributed by atoms with Gasteiger partial charge >= 0.3 is 11.9 Å². The van der Waals surface area contributed by atoms with Gasteiger partial charge in [0.1, 0.15) is 18.0 Å². The summed E-state index contributed by atoms with van der Waals surface area (Å²) in [4.78, 5) is 36.6. The zero-order valence-electron chi connectivity index (χ0n) is 18.5. The molecule has 1 aromatic rings. The van der Waals surface area contributed by atoms with Gasteiger partial charge in [-0.15, -0.1) is 0 Å². The summed E-state index contributed by atoms with van der Waals surface area (Å²) in [6.07, 6.45) is 0.525. The van der Waals surface area contributed by atoms with E-state index in [4.69, 9.17) is 9.47 Å². The van der Waals surface area contributed by atoms with Crippen LogP contribution in [0.3, 0.4) is 0 Å². The number of quaternary nitrogens is 1. The Morgan fingerprint density at radius 2 is 1.28 bits per heavy atom. The summed E-state index contributed by atoms with van der Waals surface area (Å²) in [5.74, 6) is -0.179. The highest BCUT2D eigenvalue weighted by atomic mass is 35.5. The summed E-state index contributed by atoms with van der Waals surface area (Å²) >= 11 is 0. The highest BCUT2D eigenvalue weighted by Gasteiger charge is 2.19. The summed E-state index contributed by atoms with van der Waals surface area (Å²) in [5, 5.41) is 1.93. The average molecular weight is 428 g/mol. The van der Waals surface area contributed by atoms with E-state index < -0.39 is 0 Å². The first-order valence-corrected chi connectivity index (χ1v) is 9.79. The Morgan fingerprint density at radius 3 is 1.62 bits per heavy atom. The van der Waals surface area contributed by atoms with Crippen molar-refractivity contribution in [1.29, 1.82) is 0 Å². The van der Waals surface area contributed by atoms with Gasteiger partial charge in [0.15, 0.2) is 0 Å². The molecule has 0 saturated heterocycles. The van der Waals surface area contributed by atoms with Crippen LogP contribution in [0.25, 0.3) is 0 Å². The number of benzene rings is 1. The van der Waals surface area contributed by atoms with E-state index in [0.29, 0.717) is 5.56 Å². The quantitative estimate of drug-likeness (QED) is 0.344. The van der Waals surface area contributed by atoms with Gasteiger partial charge in [0.05, 0.1) is 5.54 Å². The average Bonchev–Trinajstić information content (AvgIpc) is 2.49. The first-order valence-electron chi connectivity index (χ1n) is 9.79. The van der Waals surface area contributed by atoms with Crippen LogP contribution in [0.1, 0.15) is 71.7 Å². The molecular weight excluding hydrogens is 394 g/mol. The van der Waals surface area contributed by atoms with Crippen LogP contribution in [-0.4, -0.2) is 29.8 Å². The van der Waals surface area contributed by atoms with Gasteiger partial charge in [-0.2, -0.15) is 0 Å². The number of ketones is 1. The lowest BCUT2D eigenvalue weighted by Gasteiger charge is -2.16. The normalized spacial score (nSPS) is 11.2. The smallest absolute Gasteiger partial charge is 0.311 e. The van der Waals surface area contributed by atoms with E-state index in [1.165, 1.54) is 18.2 Å². The zero-order chi connectivity index (χ0) is 21.5. The van der Waals surface area contributed by atoms with Crippen molar-refractivity contribution in [3.63, 3.8) is 0 Å². The molecule has 29 heavy (non-hydrogen) atoms. The summed E-state index contributed by atoms with van der Waals surface area (Å²) in [7, 11) is 0. The molecule has 0 radical (unpaired) electrons. The second-order valence-electron chi connectivity index (χ2n) is 9.03. The van der Waals surface area contributed by atoms with E-state index in [0.717, 1.165) is 0 Å². The number of ether oxygens (including phenoxy) is 2. The fraction of sp³-hybridized carbons (Fsp3) is 0.591. The molecule has 0 unspecified atom stereocenters. The van der Waals surface area contributed by atoms with E-state index in [2.05, 4.69) is 0 Å². The fourth-order valence-electron chi connectivity index (χ4n) is 2.38. The van der Waals surface area contributed by atoms with Gasteiger partial charge < -0.3 is 27.2 Å². The van der Waals surface area contributed by atoms with E-state index >= 15 is 0 Å². The molecule has 0 spiro atoms. The maximum Gasteiger partial charge on any atom is 0.311 e. The molecule has 0 amide bonds. The van der Waals surface area contributed by atoms with Crippen molar-refractivity contribution in [2.45, 2.75) is 66.8 Å². The predicted molar refractivity (Wildman–Crippen MR) is 107 cm³/mol. The number of hydrogen-bond donors (Lipinski definition) is 1. The van der Waals surface area contributed by atoms with Gasteiger partial charge in [0, 0.05) is 24.5 Å². The Hall–Kier alpha value is -1.92. The lowest BCUT2D eigenvalue weighted by atomic mass is 10.1. The molecular formula is C22H34ClNO5. The summed E-state index contributed by atoms with van der Waals surface area (Å²) < 4.78 is 10.7. The van der Waals surface area contributed by atoms with Crippen molar-refractivity contribution in [3.8, 4) is 11.5 Å². The lowest BCUT2D eigenvalue weighted by molar-refractivity contribution is -0.706. The highest BCUT2D eigenvalue weighted by molar-refractivity contribution is 5.97. The molecule has 0 atom stereocenters. The van der Waals surface area contributed by atoms with Crippen LogP contribution in [-0.2, 0) is 9.59 Å². The number of esters is 2. The van der Waals surface area contributed by atoms with Gasteiger partial charge in [-0.3, -0.25) is 14.4 Å². The molecule has 0 heterocycles. The minimum atomic E-state index is -0.389. The second-order valence-corrected chi connectivity index (χ2v) is 9.03. The summed E-state index contributed by atoms with van der Waals surface area (Å²) in [5.41, 5.74) is 0.256. The number of Topliss-reactive ketones (excluding diaryl/α,β-unsaturated/α-hetero) is 1. The number of nitrogens with two attached hydrogens (primary N) is 1. The second kappa shape index (κ2) is 11.9. The fourth-order valence-corrected chi connectivity index (χ4v) is 2.38. The Balaban J connectivity index is 0.00000784. The SMILES string of the molecule is CC(C)CC(=O)Oc1cc(OC(=O)CC(C)C)cc(C(=O)C[NH2+]C(C)(C)C)c1.[Cl-]. The maximum atomic E-state index is 12.6. The Labute approximate surface area is 180 Å². The molecule has 164 valence electrons. The van der Waals surface area contributed by atoms with Gasteiger partial charge in [-0.05, 0) is 44.7 Å². The molecule has 0 aromatic heterocycles. The lowest BCUT2D eigenvalue weighted by Crippen LogP contribution is -3.00. The molecule has 1 rings (SSSR count). The molecule has 7 heteroatoms. The number of halogens is 1. The van der Waals surface area contributed by atoms with Crippen molar-refractivity contribution < 1.29 is 41.6 Å². The Kier molecular flexibility index (Phi) is 11.1. The molecule has 0 fully saturated rings. The molecule has 0 aliphatic rings. The third-order valence-electron chi connectivity index (χ3n) is 3.72. The number of rotatable bonds is 9. The van der Waals surface area contributed by atoms with Crippen LogP contribution in [0, 0.1) is 11.8 Å². The summed E-state index contributed by atoms with van der Waals surface area (Å²) in [6.45, 7) is 14.0. The van der Waals surface area contributed by atoms with Crippen molar-refractivity contribution in [2.75, 3.05) is 6.54 Å². The van der Waals surface area contributed by atoms with Gasteiger partial charge in [0.25, 0.3) is 0 Å². The van der Waals surface area contributed by atoms with Crippen LogP contribution < -0.4 is 27.2 Å². The number of hydrogen-bond acceptors (Lipinski definition) is 5. The van der Waals surface area contributed by atoms with E-state index in [-0.39, 0.29) is 78.4 Å². The molecule has 0 aliphatic heterocycles. The van der Waals surface area contributed by atoms with E-state index in [9.17, 15) is 14.4 Å². The molecule has 0 aliphatic carbocycles. The topological polar surface area (TPSA) is 86.3 Å².